The first-order valence-corrected chi connectivity index (χ1v) is 4.31. The van der Waals surface area contributed by atoms with E-state index < -0.39 is 0 Å². The predicted octanol–water partition coefficient (Wildman–Crippen LogP) is 1.36. The van der Waals surface area contributed by atoms with Gasteiger partial charge in [0.25, 0.3) is 0 Å². The van der Waals surface area contributed by atoms with E-state index in [1.54, 1.807) is 11.6 Å². The fourth-order valence-electron chi connectivity index (χ4n) is 1.28. The summed E-state index contributed by atoms with van der Waals surface area (Å²) in [6.07, 6.45) is 0. The van der Waals surface area contributed by atoms with Crippen molar-refractivity contribution in [2.45, 2.75) is 27.3 Å². The van der Waals surface area contributed by atoms with E-state index in [0.717, 1.165) is 18.1 Å². The molecule has 0 bridgehead atoms. The summed E-state index contributed by atoms with van der Waals surface area (Å²) in [6, 6.07) is 0. The first-order valence-electron chi connectivity index (χ1n) is 4.31. The lowest BCUT2D eigenvalue weighted by molar-refractivity contribution is 0.418. The molecule has 0 aliphatic carbocycles. The minimum absolute atomic E-state index is 0.211. The quantitative estimate of drug-likeness (QED) is 0.700. The van der Waals surface area contributed by atoms with Crippen LogP contribution >= 0.6 is 0 Å². The van der Waals surface area contributed by atoms with Crippen molar-refractivity contribution >= 4 is 5.71 Å². The zero-order valence-corrected chi connectivity index (χ0v) is 8.50. The van der Waals surface area contributed by atoms with Gasteiger partial charge in [-0.05, 0) is 20.8 Å². The van der Waals surface area contributed by atoms with Crippen LogP contribution in [-0.2, 0) is 6.54 Å². The molecule has 13 heavy (non-hydrogen) atoms. The van der Waals surface area contributed by atoms with Crippen LogP contribution in [0.1, 0.15) is 25.4 Å². The monoisotopic (exact) mass is 181 g/mol. The number of aromatic nitrogens is 2. The van der Waals surface area contributed by atoms with Gasteiger partial charge in [-0.15, -0.1) is 0 Å². The minimum Gasteiger partial charge on any atom is -0.493 e. The van der Waals surface area contributed by atoms with Gasteiger partial charge in [0.05, 0.1) is 5.71 Å². The Morgan fingerprint density at radius 1 is 1.62 bits per heavy atom. The lowest BCUT2D eigenvalue weighted by atomic mass is 10.3. The lowest BCUT2D eigenvalue weighted by Crippen LogP contribution is -1.97. The Labute approximate surface area is 77.9 Å². The van der Waals surface area contributed by atoms with Crippen LogP contribution in [-0.4, -0.2) is 27.4 Å². The summed E-state index contributed by atoms with van der Waals surface area (Å²) in [5.41, 5.74) is 1.34. The molecule has 0 unspecified atom stereocenters. The summed E-state index contributed by atoms with van der Waals surface area (Å²) in [5.74, 6) is 1.03. The number of aromatic hydroxyl groups is 1. The molecular weight excluding hydrogens is 166 g/mol. The maximum atomic E-state index is 9.73. The largest absolute Gasteiger partial charge is 0.493 e. The van der Waals surface area contributed by atoms with Crippen LogP contribution < -0.4 is 0 Å². The van der Waals surface area contributed by atoms with Crippen LogP contribution in [0.3, 0.4) is 0 Å². The molecule has 72 valence electrons. The van der Waals surface area contributed by atoms with Crippen LogP contribution in [0, 0.1) is 6.92 Å². The smallest absolute Gasteiger partial charge is 0.220 e. The van der Waals surface area contributed by atoms with Crippen LogP contribution in [0.15, 0.2) is 4.99 Å². The number of aryl methyl sites for hydroxylation is 1. The van der Waals surface area contributed by atoms with Crippen molar-refractivity contribution in [1.82, 2.24) is 9.55 Å². The second-order valence-electron chi connectivity index (χ2n) is 2.88. The van der Waals surface area contributed by atoms with Crippen LogP contribution in [0.4, 0.5) is 0 Å². The van der Waals surface area contributed by atoms with E-state index in [2.05, 4.69) is 9.98 Å². The molecule has 0 atom stereocenters. The molecule has 4 nitrogen and oxygen atoms in total. The molecule has 0 radical (unpaired) electrons. The maximum Gasteiger partial charge on any atom is 0.220 e. The van der Waals surface area contributed by atoms with Gasteiger partial charge in [-0.3, -0.25) is 9.56 Å². The van der Waals surface area contributed by atoms with Crippen molar-refractivity contribution in [3.05, 3.63) is 11.5 Å². The Balaban J connectivity index is 3.26. The molecule has 0 saturated heterocycles. The highest BCUT2D eigenvalue weighted by Gasteiger charge is 2.13. The Morgan fingerprint density at radius 3 is 2.62 bits per heavy atom. The van der Waals surface area contributed by atoms with Crippen molar-refractivity contribution in [3.8, 4) is 5.88 Å². The molecule has 1 aromatic rings. The third-order valence-corrected chi connectivity index (χ3v) is 2.13. The molecule has 0 aromatic carbocycles. The summed E-state index contributed by atoms with van der Waals surface area (Å²) in [4.78, 5) is 8.22. The van der Waals surface area contributed by atoms with Crippen molar-refractivity contribution in [1.29, 1.82) is 0 Å². The number of hydrogen-bond donors (Lipinski definition) is 1. The summed E-state index contributed by atoms with van der Waals surface area (Å²) in [7, 11) is 1.69. The lowest BCUT2D eigenvalue weighted by Gasteiger charge is -2.00. The topological polar surface area (TPSA) is 50.4 Å². The molecule has 1 heterocycles. The van der Waals surface area contributed by atoms with Gasteiger partial charge < -0.3 is 5.11 Å². The molecule has 1 N–H and O–H groups in total. The van der Waals surface area contributed by atoms with E-state index in [-0.39, 0.29) is 5.88 Å². The second-order valence-corrected chi connectivity index (χ2v) is 2.88. The van der Waals surface area contributed by atoms with Gasteiger partial charge >= 0.3 is 0 Å². The molecule has 0 amide bonds. The average molecular weight is 181 g/mol. The van der Waals surface area contributed by atoms with E-state index >= 15 is 0 Å². The summed E-state index contributed by atoms with van der Waals surface area (Å²) in [6.45, 7) is 6.40. The molecule has 0 fully saturated rings. The summed E-state index contributed by atoms with van der Waals surface area (Å²) >= 11 is 0. The fraction of sp³-hybridized carbons (Fsp3) is 0.556. The first-order chi connectivity index (χ1) is 6.11. The zero-order valence-electron chi connectivity index (χ0n) is 8.50. The van der Waals surface area contributed by atoms with Gasteiger partial charge in [0.15, 0.2) is 0 Å². The van der Waals surface area contributed by atoms with Gasteiger partial charge in [0, 0.05) is 13.6 Å². The third kappa shape index (κ3) is 1.56. The highest BCUT2D eigenvalue weighted by molar-refractivity contribution is 5.98. The van der Waals surface area contributed by atoms with Crippen LogP contribution in [0.2, 0.25) is 0 Å². The molecule has 1 rings (SSSR count). The van der Waals surface area contributed by atoms with E-state index in [0.29, 0.717) is 5.69 Å². The summed E-state index contributed by atoms with van der Waals surface area (Å²) < 4.78 is 1.75. The number of rotatable bonds is 2. The SMILES string of the molecule is CCn1c(C)nc(C(C)=NC)c1O. The Kier molecular flexibility index (Phi) is 2.70. The molecule has 0 aliphatic heterocycles. The third-order valence-electron chi connectivity index (χ3n) is 2.13. The Hall–Kier alpha value is -1.32. The Bertz CT molecular complexity index is 339. The van der Waals surface area contributed by atoms with E-state index in [4.69, 9.17) is 0 Å². The summed E-state index contributed by atoms with van der Waals surface area (Å²) in [5, 5.41) is 9.73. The molecular formula is C9H15N3O. The zero-order chi connectivity index (χ0) is 10.0. The standard InChI is InChI=1S/C9H15N3O/c1-5-12-7(3)11-8(9(12)13)6(2)10-4/h13H,5H2,1-4H3. The van der Waals surface area contributed by atoms with Crippen LogP contribution in [0.25, 0.3) is 0 Å². The molecule has 1 aromatic heterocycles. The van der Waals surface area contributed by atoms with Gasteiger partial charge in [-0.25, -0.2) is 4.98 Å². The number of aliphatic imine (C=N–C) groups is 1. The maximum absolute atomic E-state index is 9.73. The number of nitrogens with zero attached hydrogens (tertiary/aromatic N) is 3. The highest BCUT2D eigenvalue weighted by atomic mass is 16.3. The van der Waals surface area contributed by atoms with Crippen molar-refractivity contribution in [2.75, 3.05) is 7.05 Å². The van der Waals surface area contributed by atoms with Gasteiger partial charge in [-0.1, -0.05) is 0 Å². The highest BCUT2D eigenvalue weighted by Crippen LogP contribution is 2.19. The Morgan fingerprint density at radius 2 is 2.23 bits per heavy atom. The van der Waals surface area contributed by atoms with Crippen LogP contribution in [0.5, 0.6) is 5.88 Å². The van der Waals surface area contributed by atoms with Gasteiger partial charge in [0.2, 0.25) is 5.88 Å². The predicted molar refractivity (Wildman–Crippen MR) is 52.4 cm³/mol. The normalized spacial score (nSPS) is 12.2. The number of hydrogen-bond acceptors (Lipinski definition) is 3. The second kappa shape index (κ2) is 3.60. The van der Waals surface area contributed by atoms with Crippen molar-refractivity contribution in [2.24, 2.45) is 4.99 Å². The molecule has 4 heteroatoms. The number of imidazole rings is 1. The van der Waals surface area contributed by atoms with Crippen molar-refractivity contribution < 1.29 is 5.11 Å². The van der Waals surface area contributed by atoms with Crippen molar-refractivity contribution in [3.63, 3.8) is 0 Å². The van der Waals surface area contributed by atoms with E-state index in [1.165, 1.54) is 0 Å². The van der Waals surface area contributed by atoms with Gasteiger partial charge in [0.1, 0.15) is 11.5 Å². The molecule has 0 spiro atoms. The first kappa shape index (κ1) is 9.77. The molecule has 0 saturated carbocycles. The van der Waals surface area contributed by atoms with Gasteiger partial charge in [-0.2, -0.15) is 0 Å². The van der Waals surface area contributed by atoms with E-state index in [9.17, 15) is 5.11 Å². The van der Waals surface area contributed by atoms with E-state index in [1.807, 2.05) is 20.8 Å². The average Bonchev–Trinajstić information content (AvgIpc) is 2.40. The fourth-order valence-corrected chi connectivity index (χ4v) is 1.28. The molecule has 0 aliphatic rings. The minimum atomic E-state index is 0.211.